The number of rotatable bonds is 4. The van der Waals surface area contributed by atoms with Gasteiger partial charge in [0.1, 0.15) is 0 Å². The van der Waals surface area contributed by atoms with Crippen molar-refractivity contribution in [1.29, 1.82) is 0 Å². The van der Waals surface area contributed by atoms with Crippen LogP contribution in [0.15, 0.2) is 12.4 Å². The molecule has 0 unspecified atom stereocenters. The zero-order valence-corrected chi connectivity index (χ0v) is 7.73. The summed E-state index contributed by atoms with van der Waals surface area (Å²) in [5.41, 5.74) is 0.127. The molecule has 0 aliphatic rings. The van der Waals surface area contributed by atoms with Gasteiger partial charge in [-0.2, -0.15) is 5.10 Å². The van der Waals surface area contributed by atoms with E-state index in [9.17, 15) is 9.59 Å². The fourth-order valence-electron chi connectivity index (χ4n) is 0.937. The van der Waals surface area contributed by atoms with Crippen LogP contribution in [-0.4, -0.2) is 33.8 Å². The Morgan fingerprint density at radius 1 is 1.64 bits per heavy atom. The van der Waals surface area contributed by atoms with Crippen LogP contribution in [0, 0.1) is 0 Å². The zero-order chi connectivity index (χ0) is 10.6. The molecule has 6 nitrogen and oxygen atoms in total. The van der Waals surface area contributed by atoms with E-state index in [1.807, 2.05) is 0 Å². The van der Waals surface area contributed by atoms with Crippen LogP contribution < -0.4 is 5.32 Å². The summed E-state index contributed by atoms with van der Waals surface area (Å²) in [6, 6.07) is 0. The molecular formula is C8H11N3O3. The fraction of sp³-hybridized carbons (Fsp3) is 0.375. The van der Waals surface area contributed by atoms with Crippen molar-refractivity contribution in [3.05, 3.63) is 18.0 Å². The second-order valence-electron chi connectivity index (χ2n) is 2.72. The standard InChI is InChI=1S/C8H11N3O3/c1-9-7(12)2-3-11-5-6(4-10-11)8(13)14/h4-5H,2-3H2,1H3,(H,9,12)(H,13,14). The Morgan fingerprint density at radius 3 is 2.86 bits per heavy atom. The Hall–Kier alpha value is -1.85. The number of nitrogens with one attached hydrogen (secondary N) is 1. The average Bonchev–Trinajstić information content (AvgIpc) is 2.62. The highest BCUT2D eigenvalue weighted by Crippen LogP contribution is 1.98. The van der Waals surface area contributed by atoms with Gasteiger partial charge in [-0.1, -0.05) is 0 Å². The first-order valence-corrected chi connectivity index (χ1v) is 4.10. The Kier molecular flexibility index (Phi) is 3.22. The molecule has 6 heteroatoms. The van der Waals surface area contributed by atoms with Crippen LogP contribution in [0.3, 0.4) is 0 Å². The Bertz CT molecular complexity index is 345. The molecule has 0 saturated heterocycles. The van der Waals surface area contributed by atoms with Gasteiger partial charge in [-0.05, 0) is 0 Å². The van der Waals surface area contributed by atoms with Crippen LogP contribution >= 0.6 is 0 Å². The maximum atomic E-state index is 10.9. The molecule has 1 heterocycles. The lowest BCUT2D eigenvalue weighted by Gasteiger charge is -1.99. The molecule has 76 valence electrons. The molecule has 0 fully saturated rings. The Labute approximate surface area is 80.5 Å². The number of nitrogens with zero attached hydrogens (tertiary/aromatic N) is 2. The Balaban J connectivity index is 2.52. The van der Waals surface area contributed by atoms with Crippen molar-refractivity contribution < 1.29 is 14.7 Å². The Morgan fingerprint density at radius 2 is 2.36 bits per heavy atom. The lowest BCUT2D eigenvalue weighted by molar-refractivity contribution is -0.120. The van der Waals surface area contributed by atoms with Crippen LogP contribution in [0.5, 0.6) is 0 Å². The van der Waals surface area contributed by atoms with Gasteiger partial charge in [0.2, 0.25) is 5.91 Å². The predicted molar refractivity (Wildman–Crippen MR) is 47.9 cm³/mol. The van der Waals surface area contributed by atoms with Crippen molar-refractivity contribution in [1.82, 2.24) is 15.1 Å². The number of amides is 1. The van der Waals surface area contributed by atoms with E-state index in [2.05, 4.69) is 10.4 Å². The van der Waals surface area contributed by atoms with Crippen LogP contribution in [0.2, 0.25) is 0 Å². The molecule has 1 aromatic heterocycles. The number of carboxylic acids is 1. The van der Waals surface area contributed by atoms with Crippen LogP contribution in [-0.2, 0) is 11.3 Å². The molecule has 2 N–H and O–H groups in total. The van der Waals surface area contributed by atoms with E-state index in [-0.39, 0.29) is 17.9 Å². The molecule has 0 atom stereocenters. The molecule has 1 amide bonds. The van der Waals surface area contributed by atoms with Crippen molar-refractivity contribution in [3.63, 3.8) is 0 Å². The minimum absolute atomic E-state index is 0.0997. The van der Waals surface area contributed by atoms with Gasteiger partial charge in [-0.3, -0.25) is 9.48 Å². The first kappa shape index (κ1) is 10.2. The van der Waals surface area contributed by atoms with E-state index >= 15 is 0 Å². The summed E-state index contributed by atoms with van der Waals surface area (Å²) in [7, 11) is 1.55. The van der Waals surface area contributed by atoms with Crippen molar-refractivity contribution in [2.24, 2.45) is 0 Å². The van der Waals surface area contributed by atoms with Crippen LogP contribution in [0.4, 0.5) is 0 Å². The van der Waals surface area contributed by atoms with Gasteiger partial charge >= 0.3 is 5.97 Å². The first-order valence-electron chi connectivity index (χ1n) is 4.10. The van der Waals surface area contributed by atoms with Gasteiger partial charge in [-0.15, -0.1) is 0 Å². The van der Waals surface area contributed by atoms with Crippen molar-refractivity contribution in [3.8, 4) is 0 Å². The van der Waals surface area contributed by atoms with E-state index in [0.29, 0.717) is 6.54 Å². The third-order valence-corrected chi connectivity index (χ3v) is 1.73. The molecule has 1 rings (SSSR count). The smallest absolute Gasteiger partial charge is 0.338 e. The third-order valence-electron chi connectivity index (χ3n) is 1.73. The number of hydrogen-bond acceptors (Lipinski definition) is 3. The SMILES string of the molecule is CNC(=O)CCn1cc(C(=O)O)cn1. The van der Waals surface area contributed by atoms with Gasteiger partial charge in [0.15, 0.2) is 0 Å². The largest absolute Gasteiger partial charge is 0.478 e. The summed E-state index contributed by atoms with van der Waals surface area (Å²) in [6.07, 6.45) is 2.94. The molecule has 0 radical (unpaired) electrons. The van der Waals surface area contributed by atoms with Crippen LogP contribution in [0.1, 0.15) is 16.8 Å². The molecule has 14 heavy (non-hydrogen) atoms. The predicted octanol–water partition coefficient (Wildman–Crippen LogP) is -0.283. The van der Waals surface area contributed by atoms with Crippen molar-refractivity contribution in [2.45, 2.75) is 13.0 Å². The highest BCUT2D eigenvalue weighted by molar-refractivity contribution is 5.86. The average molecular weight is 197 g/mol. The number of carbonyl (C=O) groups is 2. The zero-order valence-electron chi connectivity index (χ0n) is 7.73. The van der Waals surface area contributed by atoms with E-state index in [4.69, 9.17) is 5.11 Å². The molecule has 0 bridgehead atoms. The molecule has 0 aliphatic heterocycles. The second kappa shape index (κ2) is 4.40. The lowest BCUT2D eigenvalue weighted by atomic mass is 10.4. The first-order chi connectivity index (χ1) is 6.63. The van der Waals surface area contributed by atoms with Crippen molar-refractivity contribution in [2.75, 3.05) is 7.05 Å². The number of carboxylic acid groups (broad SMARTS) is 1. The second-order valence-corrected chi connectivity index (χ2v) is 2.72. The monoisotopic (exact) mass is 197 g/mol. The number of aromatic nitrogens is 2. The molecule has 1 aromatic rings. The summed E-state index contributed by atoms with van der Waals surface area (Å²) >= 11 is 0. The minimum atomic E-state index is -1.02. The van der Waals surface area contributed by atoms with Gasteiger partial charge in [0.25, 0.3) is 0 Å². The van der Waals surface area contributed by atoms with E-state index in [0.717, 1.165) is 0 Å². The van der Waals surface area contributed by atoms with E-state index < -0.39 is 5.97 Å². The number of hydrogen-bond donors (Lipinski definition) is 2. The highest BCUT2D eigenvalue weighted by atomic mass is 16.4. The summed E-state index contributed by atoms with van der Waals surface area (Å²) in [4.78, 5) is 21.3. The van der Waals surface area contributed by atoms with Gasteiger partial charge < -0.3 is 10.4 Å². The van der Waals surface area contributed by atoms with Crippen LogP contribution in [0.25, 0.3) is 0 Å². The molecule has 0 saturated carbocycles. The normalized spacial score (nSPS) is 9.79. The topological polar surface area (TPSA) is 84.2 Å². The molecule has 0 spiro atoms. The van der Waals surface area contributed by atoms with Crippen molar-refractivity contribution >= 4 is 11.9 Å². The summed E-state index contributed by atoms with van der Waals surface area (Å²) in [6.45, 7) is 0.382. The quantitative estimate of drug-likeness (QED) is 0.695. The minimum Gasteiger partial charge on any atom is -0.478 e. The van der Waals surface area contributed by atoms with Gasteiger partial charge in [0, 0.05) is 26.2 Å². The third kappa shape index (κ3) is 2.58. The molecule has 0 aliphatic carbocycles. The summed E-state index contributed by atoms with van der Waals surface area (Å²) in [5, 5.41) is 14.9. The van der Waals surface area contributed by atoms with E-state index in [1.54, 1.807) is 7.05 Å². The maximum Gasteiger partial charge on any atom is 0.338 e. The highest BCUT2D eigenvalue weighted by Gasteiger charge is 2.06. The number of carbonyl (C=O) groups excluding carboxylic acids is 1. The van der Waals surface area contributed by atoms with E-state index in [1.165, 1.54) is 17.1 Å². The molecule has 0 aromatic carbocycles. The molecular weight excluding hydrogens is 186 g/mol. The van der Waals surface area contributed by atoms with Gasteiger partial charge in [-0.25, -0.2) is 4.79 Å². The summed E-state index contributed by atoms with van der Waals surface area (Å²) in [5.74, 6) is -1.12. The number of aryl methyl sites for hydroxylation is 1. The maximum absolute atomic E-state index is 10.9. The fourth-order valence-corrected chi connectivity index (χ4v) is 0.937. The van der Waals surface area contributed by atoms with Gasteiger partial charge in [0.05, 0.1) is 11.8 Å². The summed E-state index contributed by atoms with van der Waals surface area (Å²) < 4.78 is 1.43. The number of aromatic carboxylic acids is 1. The lowest BCUT2D eigenvalue weighted by Crippen LogP contribution is -2.19.